The molecule has 0 aliphatic carbocycles. The molecular formula is C21H15Cl2FN2. The van der Waals surface area contributed by atoms with Crippen molar-refractivity contribution in [3.63, 3.8) is 0 Å². The minimum Gasteiger partial charge on any atom is -0.257 e. The van der Waals surface area contributed by atoms with Gasteiger partial charge in [0, 0.05) is 22.0 Å². The Morgan fingerprint density at radius 3 is 2.12 bits per heavy atom. The number of hydrazone groups is 1. The maximum absolute atomic E-state index is 14.3. The molecule has 130 valence electrons. The summed E-state index contributed by atoms with van der Waals surface area (Å²) in [5, 5.41) is 7.99. The van der Waals surface area contributed by atoms with Crippen molar-refractivity contribution >= 4 is 34.6 Å². The van der Waals surface area contributed by atoms with Gasteiger partial charge < -0.3 is 0 Å². The van der Waals surface area contributed by atoms with Crippen LogP contribution in [0.1, 0.15) is 23.6 Å². The number of nitrogens with zero attached hydrogens (tertiary/aromatic N) is 2. The third kappa shape index (κ3) is 3.33. The van der Waals surface area contributed by atoms with Crippen LogP contribution in [0.3, 0.4) is 0 Å². The number of hydrogen-bond donors (Lipinski definition) is 0. The lowest BCUT2D eigenvalue weighted by molar-refractivity contribution is 0.624. The van der Waals surface area contributed by atoms with Gasteiger partial charge in [-0.05, 0) is 48.0 Å². The lowest BCUT2D eigenvalue weighted by Crippen LogP contribution is -2.18. The summed E-state index contributed by atoms with van der Waals surface area (Å²) in [5.41, 5.74) is 3.22. The lowest BCUT2D eigenvalue weighted by Gasteiger charge is -2.24. The van der Waals surface area contributed by atoms with E-state index in [1.54, 1.807) is 12.1 Å². The second-order valence-electron chi connectivity index (χ2n) is 6.12. The topological polar surface area (TPSA) is 15.6 Å². The second kappa shape index (κ2) is 7.10. The van der Waals surface area contributed by atoms with Crippen LogP contribution < -0.4 is 5.01 Å². The van der Waals surface area contributed by atoms with Crippen LogP contribution >= 0.6 is 23.2 Å². The zero-order valence-electron chi connectivity index (χ0n) is 13.7. The van der Waals surface area contributed by atoms with Crippen LogP contribution in [0, 0.1) is 5.82 Å². The smallest absolute Gasteiger partial charge is 0.132 e. The Hall–Kier alpha value is -2.36. The molecule has 0 N–H and O–H groups in total. The maximum atomic E-state index is 14.3. The first-order chi connectivity index (χ1) is 12.6. The zero-order chi connectivity index (χ0) is 18.1. The third-order valence-corrected chi connectivity index (χ3v) is 4.95. The van der Waals surface area contributed by atoms with E-state index < -0.39 is 0 Å². The molecule has 5 heteroatoms. The fourth-order valence-corrected chi connectivity index (χ4v) is 3.40. The Bertz CT molecular complexity index is 953. The van der Waals surface area contributed by atoms with Crippen molar-refractivity contribution in [3.05, 3.63) is 99.8 Å². The molecule has 1 heterocycles. The predicted octanol–water partition coefficient (Wildman–Crippen LogP) is 6.49. The van der Waals surface area contributed by atoms with Crippen molar-refractivity contribution in [2.45, 2.75) is 12.5 Å². The van der Waals surface area contributed by atoms with Gasteiger partial charge in [0.15, 0.2) is 0 Å². The van der Waals surface area contributed by atoms with E-state index in [0.29, 0.717) is 22.0 Å². The van der Waals surface area contributed by atoms with Crippen LogP contribution in [-0.2, 0) is 0 Å². The second-order valence-corrected chi connectivity index (χ2v) is 6.99. The van der Waals surface area contributed by atoms with E-state index in [4.69, 9.17) is 28.3 Å². The van der Waals surface area contributed by atoms with Gasteiger partial charge in [0.05, 0.1) is 17.4 Å². The number of halogens is 3. The van der Waals surface area contributed by atoms with Crippen molar-refractivity contribution in [1.29, 1.82) is 0 Å². The quantitative estimate of drug-likeness (QED) is 0.503. The van der Waals surface area contributed by atoms with Crippen LogP contribution in [0.15, 0.2) is 77.9 Å². The Morgan fingerprint density at radius 2 is 1.46 bits per heavy atom. The van der Waals surface area contributed by atoms with Gasteiger partial charge >= 0.3 is 0 Å². The fraction of sp³-hybridized carbons (Fsp3) is 0.0952. The van der Waals surface area contributed by atoms with Gasteiger partial charge in [-0.1, -0.05) is 53.5 Å². The van der Waals surface area contributed by atoms with E-state index in [0.717, 1.165) is 17.0 Å². The third-order valence-electron chi connectivity index (χ3n) is 4.44. The summed E-state index contributed by atoms with van der Waals surface area (Å²) in [6, 6.07) is 21.9. The molecule has 0 amide bonds. The van der Waals surface area contributed by atoms with Crippen LogP contribution in [0.2, 0.25) is 10.0 Å². The van der Waals surface area contributed by atoms with Crippen molar-refractivity contribution < 1.29 is 4.39 Å². The Morgan fingerprint density at radius 1 is 0.846 bits per heavy atom. The highest BCUT2D eigenvalue weighted by Crippen LogP contribution is 2.37. The Kier molecular flexibility index (Phi) is 4.66. The van der Waals surface area contributed by atoms with E-state index in [1.165, 1.54) is 6.07 Å². The number of rotatable bonds is 3. The fourth-order valence-electron chi connectivity index (χ4n) is 3.14. The highest BCUT2D eigenvalue weighted by molar-refractivity contribution is 6.30. The molecule has 3 aromatic carbocycles. The first-order valence-corrected chi connectivity index (χ1v) is 9.00. The molecule has 1 aliphatic heterocycles. The van der Waals surface area contributed by atoms with E-state index in [-0.39, 0.29) is 11.9 Å². The average molecular weight is 385 g/mol. The van der Waals surface area contributed by atoms with Crippen molar-refractivity contribution in [1.82, 2.24) is 0 Å². The Labute approximate surface area is 161 Å². The summed E-state index contributed by atoms with van der Waals surface area (Å²) in [4.78, 5) is 0. The SMILES string of the molecule is Fc1ccccc1C1=NN(c2ccc(Cl)cc2)[C@H](c2ccc(Cl)cc2)C1. The van der Waals surface area contributed by atoms with Gasteiger partial charge in [-0.25, -0.2) is 4.39 Å². The molecule has 0 saturated heterocycles. The van der Waals surface area contributed by atoms with E-state index >= 15 is 0 Å². The van der Waals surface area contributed by atoms with Gasteiger partial charge in [0.2, 0.25) is 0 Å². The van der Waals surface area contributed by atoms with Gasteiger partial charge in [-0.3, -0.25) is 5.01 Å². The molecule has 0 spiro atoms. The van der Waals surface area contributed by atoms with Gasteiger partial charge in [-0.2, -0.15) is 5.10 Å². The first kappa shape index (κ1) is 17.1. The highest BCUT2D eigenvalue weighted by Gasteiger charge is 2.30. The van der Waals surface area contributed by atoms with E-state index in [9.17, 15) is 4.39 Å². The molecule has 0 aromatic heterocycles. The van der Waals surface area contributed by atoms with Crippen LogP contribution in [0.25, 0.3) is 0 Å². The van der Waals surface area contributed by atoms with Crippen LogP contribution in [0.5, 0.6) is 0 Å². The summed E-state index contributed by atoms with van der Waals surface area (Å²) in [7, 11) is 0. The maximum Gasteiger partial charge on any atom is 0.132 e. The van der Waals surface area contributed by atoms with Gasteiger partial charge in [0.25, 0.3) is 0 Å². The molecule has 1 atom stereocenters. The molecule has 3 aromatic rings. The highest BCUT2D eigenvalue weighted by atomic mass is 35.5. The van der Waals surface area contributed by atoms with Crippen molar-refractivity contribution in [2.75, 3.05) is 5.01 Å². The minimum atomic E-state index is -0.265. The van der Waals surface area contributed by atoms with Gasteiger partial charge in [-0.15, -0.1) is 0 Å². The summed E-state index contributed by atoms with van der Waals surface area (Å²) in [6.45, 7) is 0. The lowest BCUT2D eigenvalue weighted by atomic mass is 9.98. The molecule has 2 nitrogen and oxygen atoms in total. The number of benzene rings is 3. The van der Waals surface area contributed by atoms with Crippen molar-refractivity contribution in [2.24, 2.45) is 5.10 Å². The first-order valence-electron chi connectivity index (χ1n) is 8.24. The number of anilines is 1. The largest absolute Gasteiger partial charge is 0.257 e. The van der Waals surface area contributed by atoms with Gasteiger partial charge in [0.1, 0.15) is 5.82 Å². The molecule has 26 heavy (non-hydrogen) atoms. The molecule has 4 rings (SSSR count). The Balaban J connectivity index is 1.77. The van der Waals surface area contributed by atoms with E-state index in [1.807, 2.05) is 59.6 Å². The van der Waals surface area contributed by atoms with Crippen molar-refractivity contribution in [3.8, 4) is 0 Å². The molecular weight excluding hydrogens is 370 g/mol. The normalized spacial score (nSPS) is 16.7. The average Bonchev–Trinajstić information content (AvgIpc) is 3.08. The summed E-state index contributed by atoms with van der Waals surface area (Å²) in [5.74, 6) is -0.265. The molecule has 1 aliphatic rings. The minimum absolute atomic E-state index is 0.0388. The zero-order valence-corrected chi connectivity index (χ0v) is 15.3. The molecule has 0 fully saturated rings. The molecule has 0 bridgehead atoms. The van der Waals surface area contributed by atoms with Crippen LogP contribution in [0.4, 0.5) is 10.1 Å². The molecule has 0 unspecified atom stereocenters. The van der Waals surface area contributed by atoms with Crippen LogP contribution in [-0.4, -0.2) is 5.71 Å². The summed E-state index contributed by atoms with van der Waals surface area (Å²) >= 11 is 12.0. The summed E-state index contributed by atoms with van der Waals surface area (Å²) in [6.07, 6.45) is 0.602. The summed E-state index contributed by atoms with van der Waals surface area (Å²) < 4.78 is 14.3. The standard InChI is InChI=1S/C21H15Cl2FN2/c22-15-7-5-14(6-8-15)21-13-20(18-3-1-2-4-19(18)24)25-26(21)17-11-9-16(23)10-12-17/h1-12,21H,13H2/t21-/m0/s1. The predicted molar refractivity (Wildman–Crippen MR) is 106 cm³/mol. The molecule has 0 radical (unpaired) electrons. The van der Waals surface area contributed by atoms with E-state index in [2.05, 4.69) is 0 Å². The molecule has 0 saturated carbocycles. The monoisotopic (exact) mass is 384 g/mol. The number of hydrogen-bond acceptors (Lipinski definition) is 2.